The van der Waals surface area contributed by atoms with Crippen LogP contribution in [-0.2, 0) is 11.3 Å². The molecule has 0 radical (unpaired) electrons. The minimum atomic E-state index is -1.35. The molecular formula is C24H25N7O5. The van der Waals surface area contributed by atoms with Crippen LogP contribution in [0.1, 0.15) is 17.4 Å². The van der Waals surface area contributed by atoms with Crippen molar-refractivity contribution in [3.63, 3.8) is 0 Å². The van der Waals surface area contributed by atoms with Crippen molar-refractivity contribution in [3.05, 3.63) is 72.1 Å². The smallest absolute Gasteiger partial charge is 0.228 e. The van der Waals surface area contributed by atoms with Gasteiger partial charge in [0.25, 0.3) is 0 Å². The summed E-state index contributed by atoms with van der Waals surface area (Å²) in [7, 11) is 0. The molecular weight excluding hydrogens is 466 g/mol. The minimum Gasteiger partial charge on any atom is -0.488 e. The van der Waals surface area contributed by atoms with Crippen LogP contribution in [0.3, 0.4) is 0 Å². The third-order valence-electron chi connectivity index (χ3n) is 5.80. The molecule has 5 rings (SSSR count). The van der Waals surface area contributed by atoms with E-state index in [1.54, 1.807) is 6.21 Å². The van der Waals surface area contributed by atoms with Gasteiger partial charge in [0.1, 0.15) is 37.0 Å². The van der Waals surface area contributed by atoms with E-state index in [-0.39, 0.29) is 22.9 Å². The van der Waals surface area contributed by atoms with E-state index in [9.17, 15) is 15.3 Å². The van der Waals surface area contributed by atoms with Crippen LogP contribution in [0.5, 0.6) is 5.75 Å². The molecule has 0 saturated carbocycles. The van der Waals surface area contributed by atoms with Crippen LogP contribution >= 0.6 is 0 Å². The predicted octanol–water partition coefficient (Wildman–Crippen LogP) is 1.04. The molecule has 0 bridgehead atoms. The zero-order valence-corrected chi connectivity index (χ0v) is 19.0. The van der Waals surface area contributed by atoms with E-state index in [2.05, 4.69) is 25.5 Å². The average molecular weight is 492 g/mol. The first-order chi connectivity index (χ1) is 17.6. The van der Waals surface area contributed by atoms with Gasteiger partial charge in [-0.2, -0.15) is 5.10 Å². The Balaban J connectivity index is 1.41. The number of hydrazone groups is 1. The molecule has 3 heterocycles. The summed E-state index contributed by atoms with van der Waals surface area (Å²) in [4.78, 5) is 12.6. The van der Waals surface area contributed by atoms with Crippen LogP contribution in [0.25, 0.3) is 11.2 Å². The lowest BCUT2D eigenvalue weighted by atomic mass is 10.1. The molecule has 12 nitrogen and oxygen atoms in total. The number of aliphatic hydroxyl groups is 3. The van der Waals surface area contributed by atoms with Gasteiger partial charge in [-0.05, 0) is 17.7 Å². The highest BCUT2D eigenvalue weighted by molar-refractivity contribution is 5.85. The van der Waals surface area contributed by atoms with Gasteiger partial charge in [-0.3, -0.25) is 4.57 Å². The van der Waals surface area contributed by atoms with Crippen LogP contribution in [0.2, 0.25) is 0 Å². The molecule has 0 aliphatic carbocycles. The highest BCUT2D eigenvalue weighted by Crippen LogP contribution is 2.35. The van der Waals surface area contributed by atoms with Crippen molar-refractivity contribution in [2.24, 2.45) is 5.10 Å². The number of nitrogens with one attached hydrogen (secondary N) is 1. The highest BCUT2D eigenvalue weighted by Gasteiger charge is 2.45. The molecule has 0 amide bonds. The molecule has 2 aromatic heterocycles. The fourth-order valence-corrected chi connectivity index (χ4v) is 3.95. The summed E-state index contributed by atoms with van der Waals surface area (Å²) in [5.74, 6) is 0.905. The number of aromatic nitrogens is 4. The molecule has 0 spiro atoms. The molecule has 4 unspecified atom stereocenters. The summed E-state index contributed by atoms with van der Waals surface area (Å²) in [5, 5.41) is 34.6. The van der Waals surface area contributed by atoms with Crippen molar-refractivity contribution in [2.45, 2.75) is 31.1 Å². The first kappa shape index (κ1) is 23.6. The number of fused-ring (bicyclic) bond motifs is 1. The Hall–Kier alpha value is -4.10. The summed E-state index contributed by atoms with van der Waals surface area (Å²) in [6, 6.07) is 17.2. The number of anilines is 2. The van der Waals surface area contributed by atoms with Crippen LogP contribution in [-0.4, -0.2) is 66.0 Å². The van der Waals surface area contributed by atoms with E-state index in [0.29, 0.717) is 12.4 Å². The summed E-state index contributed by atoms with van der Waals surface area (Å²) in [5.41, 5.74) is 11.1. The second-order valence-electron chi connectivity index (χ2n) is 8.15. The first-order valence-electron chi connectivity index (χ1n) is 11.2. The van der Waals surface area contributed by atoms with Gasteiger partial charge in [0, 0.05) is 5.56 Å². The lowest BCUT2D eigenvalue weighted by Gasteiger charge is -2.18. The summed E-state index contributed by atoms with van der Waals surface area (Å²) >= 11 is 0. The molecule has 186 valence electrons. The van der Waals surface area contributed by atoms with Gasteiger partial charge in [0.05, 0.1) is 12.8 Å². The van der Waals surface area contributed by atoms with Gasteiger partial charge >= 0.3 is 0 Å². The first-order valence-corrected chi connectivity index (χ1v) is 11.2. The SMILES string of the molecule is Nc1ncnc2c1nc(NN=Cc1ccccc1OCc1ccccc1)n2C1OC(CO)C(O)C1O. The standard InChI is InChI=1S/C24H25N7O5/c25-21-18-22(27-13-26-21)31(23-20(34)19(33)17(11-32)36-23)24(29-18)30-28-10-15-8-4-5-9-16(15)35-12-14-6-2-1-3-7-14/h1-10,13,17,19-20,23,32-34H,11-12H2,(H,29,30)(H2,25,26,27). The Kier molecular flexibility index (Phi) is 6.73. The van der Waals surface area contributed by atoms with Gasteiger partial charge in [0.2, 0.25) is 5.95 Å². The molecule has 12 heteroatoms. The monoisotopic (exact) mass is 491 g/mol. The number of hydrogen-bond donors (Lipinski definition) is 5. The largest absolute Gasteiger partial charge is 0.488 e. The number of imidazole rings is 1. The Bertz CT molecular complexity index is 1360. The minimum absolute atomic E-state index is 0.122. The van der Waals surface area contributed by atoms with Crippen LogP contribution in [0.4, 0.5) is 11.8 Å². The number of ether oxygens (including phenoxy) is 2. The maximum atomic E-state index is 10.6. The molecule has 1 aliphatic heterocycles. The normalized spacial score (nSPS) is 21.9. The quantitative estimate of drug-likeness (QED) is 0.177. The molecule has 36 heavy (non-hydrogen) atoms. The number of hydrogen-bond acceptors (Lipinski definition) is 11. The maximum absolute atomic E-state index is 10.6. The second kappa shape index (κ2) is 10.3. The lowest BCUT2D eigenvalue weighted by molar-refractivity contribution is -0.0501. The summed E-state index contributed by atoms with van der Waals surface area (Å²) < 4.78 is 13.1. The number of aliphatic hydroxyl groups excluding tert-OH is 3. The van der Waals surface area contributed by atoms with E-state index in [4.69, 9.17) is 15.2 Å². The fourth-order valence-electron chi connectivity index (χ4n) is 3.95. The molecule has 1 aliphatic rings. The van der Waals surface area contributed by atoms with Gasteiger partial charge < -0.3 is 30.5 Å². The number of nitrogens with zero attached hydrogens (tertiary/aromatic N) is 5. The van der Waals surface area contributed by atoms with Crippen molar-refractivity contribution in [3.8, 4) is 5.75 Å². The molecule has 6 N–H and O–H groups in total. The topological polar surface area (TPSA) is 173 Å². The van der Waals surface area contributed by atoms with Gasteiger partial charge in [-0.15, -0.1) is 0 Å². The molecule has 1 fully saturated rings. The highest BCUT2D eigenvalue weighted by atomic mass is 16.6. The number of para-hydroxylation sites is 1. The molecule has 1 saturated heterocycles. The number of rotatable bonds is 8. The molecule has 4 atom stereocenters. The number of nitrogens with two attached hydrogens (primary N) is 1. The Morgan fingerprint density at radius 2 is 1.86 bits per heavy atom. The zero-order chi connectivity index (χ0) is 25.1. The van der Waals surface area contributed by atoms with Crippen LogP contribution in [0.15, 0.2) is 66.0 Å². The van der Waals surface area contributed by atoms with E-state index >= 15 is 0 Å². The van der Waals surface area contributed by atoms with Crippen molar-refractivity contribution in [2.75, 3.05) is 17.8 Å². The van der Waals surface area contributed by atoms with Gasteiger partial charge in [-0.1, -0.05) is 42.5 Å². The third-order valence-corrected chi connectivity index (χ3v) is 5.80. The summed E-state index contributed by atoms with van der Waals surface area (Å²) in [6.07, 6.45) is -1.92. The number of benzene rings is 2. The van der Waals surface area contributed by atoms with Crippen molar-refractivity contribution >= 4 is 29.1 Å². The molecule has 4 aromatic rings. The van der Waals surface area contributed by atoms with Crippen LogP contribution in [0, 0.1) is 0 Å². The maximum Gasteiger partial charge on any atom is 0.228 e. The van der Waals surface area contributed by atoms with Crippen molar-refractivity contribution in [1.82, 2.24) is 19.5 Å². The van der Waals surface area contributed by atoms with E-state index < -0.39 is 31.1 Å². The van der Waals surface area contributed by atoms with Crippen molar-refractivity contribution < 1.29 is 24.8 Å². The Morgan fingerprint density at radius 3 is 2.64 bits per heavy atom. The van der Waals surface area contributed by atoms with E-state index in [0.717, 1.165) is 11.1 Å². The Labute approximate surface area is 205 Å². The lowest BCUT2D eigenvalue weighted by Crippen LogP contribution is -2.33. The van der Waals surface area contributed by atoms with Crippen molar-refractivity contribution in [1.29, 1.82) is 0 Å². The average Bonchev–Trinajstić information content (AvgIpc) is 3.41. The fraction of sp³-hybridized carbons (Fsp3) is 0.250. The van der Waals surface area contributed by atoms with Gasteiger partial charge in [-0.25, -0.2) is 20.4 Å². The Morgan fingerprint density at radius 1 is 1.08 bits per heavy atom. The molecule has 2 aromatic carbocycles. The number of nitrogen functional groups attached to an aromatic ring is 1. The van der Waals surface area contributed by atoms with Gasteiger partial charge in [0.15, 0.2) is 23.2 Å². The van der Waals surface area contributed by atoms with Crippen LogP contribution < -0.4 is 15.9 Å². The predicted molar refractivity (Wildman–Crippen MR) is 131 cm³/mol. The third kappa shape index (κ3) is 4.57. The summed E-state index contributed by atoms with van der Waals surface area (Å²) in [6.45, 7) is -0.0721. The zero-order valence-electron chi connectivity index (χ0n) is 19.0. The van der Waals surface area contributed by atoms with E-state index in [1.165, 1.54) is 10.9 Å². The second-order valence-corrected chi connectivity index (χ2v) is 8.15. The van der Waals surface area contributed by atoms with E-state index in [1.807, 2.05) is 54.6 Å².